The SMILES string of the molecule is OC(Cl)(Oc1ccccc1)C(Cl)Cl. The Morgan fingerprint density at radius 1 is 1.23 bits per heavy atom. The van der Waals surface area contributed by atoms with Crippen LogP contribution in [0.2, 0.25) is 0 Å². The minimum Gasteiger partial charge on any atom is -0.446 e. The fraction of sp³-hybridized carbons (Fsp3) is 0.250. The van der Waals surface area contributed by atoms with E-state index in [1.807, 2.05) is 0 Å². The van der Waals surface area contributed by atoms with E-state index in [0.717, 1.165) is 0 Å². The number of alkyl halides is 3. The molecular formula is C8H7Cl3O2. The summed E-state index contributed by atoms with van der Waals surface area (Å²) in [6, 6.07) is 8.53. The van der Waals surface area contributed by atoms with Gasteiger partial charge in [-0.1, -0.05) is 41.4 Å². The molecule has 1 unspecified atom stereocenters. The number of ether oxygens (including phenoxy) is 1. The van der Waals surface area contributed by atoms with Gasteiger partial charge in [0.05, 0.1) is 0 Å². The third-order valence-electron chi connectivity index (χ3n) is 1.27. The highest BCUT2D eigenvalue weighted by atomic mass is 35.5. The Kier molecular flexibility index (Phi) is 3.68. The largest absolute Gasteiger partial charge is 0.446 e. The first kappa shape index (κ1) is 10.9. The number of rotatable bonds is 3. The van der Waals surface area contributed by atoms with Gasteiger partial charge in [0.25, 0.3) is 0 Å². The van der Waals surface area contributed by atoms with Crippen LogP contribution in [0.15, 0.2) is 30.3 Å². The maximum absolute atomic E-state index is 9.32. The van der Waals surface area contributed by atoms with Gasteiger partial charge in [-0.25, -0.2) is 0 Å². The summed E-state index contributed by atoms with van der Waals surface area (Å²) in [5, 5.41) is 7.23. The van der Waals surface area contributed by atoms with Crippen molar-refractivity contribution in [3.05, 3.63) is 30.3 Å². The van der Waals surface area contributed by atoms with Gasteiger partial charge in [0.1, 0.15) is 5.75 Å². The number of benzene rings is 1. The Morgan fingerprint density at radius 2 is 1.77 bits per heavy atom. The van der Waals surface area contributed by atoms with Gasteiger partial charge in [-0.15, -0.1) is 0 Å². The van der Waals surface area contributed by atoms with Crippen molar-refractivity contribution in [3.63, 3.8) is 0 Å². The highest BCUT2D eigenvalue weighted by Crippen LogP contribution is 2.28. The van der Waals surface area contributed by atoms with Crippen LogP contribution < -0.4 is 4.74 Å². The summed E-state index contributed by atoms with van der Waals surface area (Å²) in [6.45, 7) is 0. The molecule has 0 radical (unpaired) electrons. The zero-order chi connectivity index (χ0) is 9.90. The van der Waals surface area contributed by atoms with Crippen LogP contribution in [0.4, 0.5) is 0 Å². The molecule has 13 heavy (non-hydrogen) atoms. The Labute approximate surface area is 91.0 Å². The lowest BCUT2D eigenvalue weighted by Crippen LogP contribution is -2.35. The van der Waals surface area contributed by atoms with Crippen molar-refractivity contribution in [2.45, 2.75) is 10.1 Å². The predicted molar refractivity (Wildman–Crippen MR) is 53.4 cm³/mol. The van der Waals surface area contributed by atoms with Gasteiger partial charge in [0.15, 0.2) is 4.84 Å². The molecule has 0 amide bonds. The molecule has 0 aromatic heterocycles. The molecule has 72 valence electrons. The van der Waals surface area contributed by atoms with Crippen molar-refractivity contribution in [2.75, 3.05) is 0 Å². The second kappa shape index (κ2) is 4.38. The van der Waals surface area contributed by atoms with Crippen molar-refractivity contribution in [2.24, 2.45) is 0 Å². The van der Waals surface area contributed by atoms with E-state index in [9.17, 15) is 5.11 Å². The van der Waals surface area contributed by atoms with Gasteiger partial charge >= 0.3 is 5.25 Å². The number of hydrogen-bond acceptors (Lipinski definition) is 2. The van der Waals surface area contributed by atoms with Gasteiger partial charge in [0.2, 0.25) is 0 Å². The van der Waals surface area contributed by atoms with Crippen LogP contribution in [-0.2, 0) is 0 Å². The van der Waals surface area contributed by atoms with Crippen molar-refractivity contribution in [1.82, 2.24) is 0 Å². The van der Waals surface area contributed by atoms with E-state index in [2.05, 4.69) is 0 Å². The third-order valence-corrected chi connectivity index (χ3v) is 2.38. The Bertz CT molecular complexity index is 261. The monoisotopic (exact) mass is 240 g/mol. The molecule has 1 aromatic rings. The average Bonchev–Trinajstić information content (AvgIpc) is 2.05. The summed E-state index contributed by atoms with van der Waals surface area (Å²) in [7, 11) is 0. The fourth-order valence-electron chi connectivity index (χ4n) is 0.698. The quantitative estimate of drug-likeness (QED) is 0.651. The summed E-state index contributed by atoms with van der Waals surface area (Å²) in [5.41, 5.74) is 0. The van der Waals surface area contributed by atoms with E-state index >= 15 is 0 Å². The zero-order valence-electron chi connectivity index (χ0n) is 6.45. The number of halogens is 3. The van der Waals surface area contributed by atoms with Crippen molar-refractivity contribution < 1.29 is 9.84 Å². The van der Waals surface area contributed by atoms with E-state index in [-0.39, 0.29) is 0 Å². The van der Waals surface area contributed by atoms with Crippen molar-refractivity contribution in [1.29, 1.82) is 0 Å². The van der Waals surface area contributed by atoms with Crippen molar-refractivity contribution in [3.8, 4) is 5.75 Å². The standard InChI is InChI=1S/C8H7Cl3O2/c9-7(10)8(11,12)13-6-4-2-1-3-5-6/h1-5,7,12H. The minimum absolute atomic E-state index is 0.395. The van der Waals surface area contributed by atoms with Gasteiger partial charge in [-0.3, -0.25) is 0 Å². The lowest BCUT2D eigenvalue weighted by molar-refractivity contribution is -0.0489. The van der Waals surface area contributed by atoms with E-state index in [1.165, 1.54) is 0 Å². The summed E-state index contributed by atoms with van der Waals surface area (Å²) in [5.74, 6) is 0.395. The molecule has 0 aliphatic carbocycles. The van der Waals surface area contributed by atoms with E-state index < -0.39 is 10.1 Å². The summed E-state index contributed by atoms with van der Waals surface area (Å²) < 4.78 is 4.92. The molecular weight excluding hydrogens is 234 g/mol. The molecule has 0 saturated heterocycles. The number of para-hydroxylation sites is 1. The normalized spacial score (nSPS) is 15.5. The highest BCUT2D eigenvalue weighted by Gasteiger charge is 2.34. The maximum Gasteiger partial charge on any atom is 0.319 e. The van der Waals surface area contributed by atoms with Gasteiger partial charge < -0.3 is 9.84 Å². The molecule has 0 aliphatic heterocycles. The minimum atomic E-state index is -2.09. The Balaban J connectivity index is 2.69. The second-order valence-electron chi connectivity index (χ2n) is 2.32. The molecule has 1 N–H and O–H groups in total. The van der Waals surface area contributed by atoms with Crippen LogP contribution >= 0.6 is 34.8 Å². The summed E-state index contributed by atoms with van der Waals surface area (Å²) in [6.07, 6.45) is 0. The molecule has 0 bridgehead atoms. The first-order valence-electron chi connectivity index (χ1n) is 3.46. The van der Waals surface area contributed by atoms with E-state index in [0.29, 0.717) is 5.75 Å². The van der Waals surface area contributed by atoms with E-state index in [4.69, 9.17) is 39.5 Å². The van der Waals surface area contributed by atoms with Crippen LogP contribution in [-0.4, -0.2) is 15.2 Å². The third kappa shape index (κ3) is 3.24. The zero-order valence-corrected chi connectivity index (χ0v) is 8.72. The van der Waals surface area contributed by atoms with Gasteiger partial charge in [0, 0.05) is 0 Å². The smallest absolute Gasteiger partial charge is 0.319 e. The van der Waals surface area contributed by atoms with Crippen LogP contribution in [0.3, 0.4) is 0 Å². The maximum atomic E-state index is 9.32. The molecule has 1 atom stereocenters. The molecule has 1 rings (SSSR count). The van der Waals surface area contributed by atoms with Crippen LogP contribution in [0, 0.1) is 0 Å². The lowest BCUT2D eigenvalue weighted by atomic mass is 10.3. The van der Waals surface area contributed by atoms with E-state index in [1.54, 1.807) is 30.3 Å². The van der Waals surface area contributed by atoms with Crippen LogP contribution in [0.25, 0.3) is 0 Å². The highest BCUT2D eigenvalue weighted by molar-refractivity contribution is 6.48. The molecule has 0 aliphatic rings. The first-order chi connectivity index (χ1) is 6.02. The Morgan fingerprint density at radius 3 is 2.23 bits per heavy atom. The fourth-order valence-corrected chi connectivity index (χ4v) is 0.877. The number of aliphatic hydroxyl groups is 1. The molecule has 0 saturated carbocycles. The molecule has 0 spiro atoms. The summed E-state index contributed by atoms with van der Waals surface area (Å²) in [4.78, 5) is -1.23. The van der Waals surface area contributed by atoms with Crippen LogP contribution in [0.1, 0.15) is 0 Å². The molecule has 2 nitrogen and oxygen atoms in total. The molecule has 0 heterocycles. The van der Waals surface area contributed by atoms with Crippen LogP contribution in [0.5, 0.6) is 5.75 Å². The average molecular weight is 242 g/mol. The van der Waals surface area contributed by atoms with Gasteiger partial charge in [-0.2, -0.15) is 0 Å². The molecule has 5 heteroatoms. The predicted octanol–water partition coefficient (Wildman–Crippen LogP) is 2.75. The van der Waals surface area contributed by atoms with Crippen molar-refractivity contribution >= 4 is 34.8 Å². The topological polar surface area (TPSA) is 29.5 Å². The Hall–Kier alpha value is -0.150. The molecule has 0 fully saturated rings. The second-order valence-corrected chi connectivity index (χ2v) is 3.96. The number of hydrogen-bond donors (Lipinski definition) is 1. The summed E-state index contributed by atoms with van der Waals surface area (Å²) >= 11 is 16.2. The van der Waals surface area contributed by atoms with Gasteiger partial charge in [-0.05, 0) is 23.7 Å². The first-order valence-corrected chi connectivity index (χ1v) is 4.71. The lowest BCUT2D eigenvalue weighted by Gasteiger charge is -2.22. The molecule has 1 aromatic carbocycles.